The molecule has 2 N–H and O–H groups in total. The molecule has 0 unspecified atom stereocenters. The van der Waals surface area contributed by atoms with Crippen molar-refractivity contribution in [1.82, 2.24) is 9.88 Å². The number of rotatable bonds is 4. The highest BCUT2D eigenvalue weighted by Crippen LogP contribution is 2.45. The van der Waals surface area contributed by atoms with Gasteiger partial charge in [-0.3, -0.25) is 4.79 Å². The molecular formula is C25H32N2O5. The van der Waals surface area contributed by atoms with Gasteiger partial charge in [-0.15, -0.1) is 0 Å². The Morgan fingerprint density at radius 1 is 1.25 bits per heavy atom. The Balaban J connectivity index is 1.79. The van der Waals surface area contributed by atoms with Crippen molar-refractivity contribution in [1.29, 1.82) is 0 Å². The fourth-order valence-electron chi connectivity index (χ4n) is 5.10. The lowest BCUT2D eigenvalue weighted by atomic mass is 9.74. The smallest absolute Gasteiger partial charge is 0.336 e. The number of carbonyl (C=O) groups is 2. The van der Waals surface area contributed by atoms with E-state index in [1.165, 1.54) is 18.1 Å². The number of benzene rings is 1. The molecule has 2 aliphatic heterocycles. The van der Waals surface area contributed by atoms with Crippen molar-refractivity contribution in [3.63, 3.8) is 0 Å². The van der Waals surface area contributed by atoms with Crippen LogP contribution in [0.15, 0.2) is 36.0 Å². The van der Waals surface area contributed by atoms with E-state index in [0.29, 0.717) is 12.0 Å². The molecule has 0 aliphatic carbocycles. The first-order valence-corrected chi connectivity index (χ1v) is 11.2. The van der Waals surface area contributed by atoms with Crippen LogP contribution in [0.4, 0.5) is 0 Å². The molecule has 32 heavy (non-hydrogen) atoms. The molecule has 0 amide bonds. The number of aliphatic hydroxyl groups is 1. The molecule has 7 nitrogen and oxygen atoms in total. The van der Waals surface area contributed by atoms with E-state index in [4.69, 9.17) is 9.47 Å². The van der Waals surface area contributed by atoms with Crippen molar-refractivity contribution < 1.29 is 24.2 Å². The van der Waals surface area contributed by atoms with Crippen LogP contribution < -0.4 is 0 Å². The van der Waals surface area contributed by atoms with E-state index in [1.54, 1.807) is 6.92 Å². The average Bonchev–Trinajstić information content (AvgIpc) is 3.11. The maximum absolute atomic E-state index is 13.2. The Morgan fingerprint density at radius 3 is 2.62 bits per heavy atom. The molecule has 1 aromatic carbocycles. The van der Waals surface area contributed by atoms with E-state index in [0.717, 1.165) is 24.2 Å². The number of aliphatic hydroxyl groups excluding tert-OH is 1. The number of H-pyrrole nitrogens is 1. The van der Waals surface area contributed by atoms with Crippen LogP contribution in [0.3, 0.4) is 0 Å². The van der Waals surface area contributed by atoms with E-state index in [-0.39, 0.29) is 6.04 Å². The number of nitrogens with zero attached hydrogens (tertiary/aromatic N) is 1. The number of carbonyl (C=O) groups excluding carboxylic acids is 2. The third-order valence-corrected chi connectivity index (χ3v) is 6.44. The zero-order valence-corrected chi connectivity index (χ0v) is 19.3. The largest absolute Gasteiger partial charge is 0.469 e. The molecule has 0 radical (unpaired) electrons. The van der Waals surface area contributed by atoms with Crippen LogP contribution in [0.2, 0.25) is 0 Å². The number of esters is 2. The van der Waals surface area contributed by atoms with Crippen molar-refractivity contribution in [3.05, 3.63) is 47.3 Å². The Labute approximate surface area is 188 Å². The van der Waals surface area contributed by atoms with E-state index in [1.807, 2.05) is 39.1 Å². The molecule has 0 saturated heterocycles. The predicted molar refractivity (Wildman–Crippen MR) is 121 cm³/mol. The zero-order chi connectivity index (χ0) is 23.2. The van der Waals surface area contributed by atoms with Crippen LogP contribution in [-0.2, 0) is 25.5 Å². The number of aromatic amines is 1. The lowest BCUT2D eigenvalue weighted by Gasteiger charge is -2.43. The highest BCUT2D eigenvalue weighted by atomic mass is 16.6. The van der Waals surface area contributed by atoms with Gasteiger partial charge < -0.3 is 24.5 Å². The minimum Gasteiger partial charge on any atom is -0.469 e. The van der Waals surface area contributed by atoms with Crippen LogP contribution in [0.5, 0.6) is 0 Å². The minimum atomic E-state index is -0.976. The summed E-state index contributed by atoms with van der Waals surface area (Å²) in [5.41, 5.74) is 3.21. The van der Waals surface area contributed by atoms with Crippen molar-refractivity contribution in [2.24, 2.45) is 11.8 Å². The SMILES string of the molecule is COC(=O)[C@H]([C@@H]1C[C@H]2c3[nH]c4ccccc4c3CCN2C=C1C(=O)OC(C)(C)C)[C@@H](C)O. The highest BCUT2D eigenvalue weighted by molar-refractivity contribution is 5.91. The molecule has 0 fully saturated rings. The molecule has 2 aliphatic rings. The summed E-state index contributed by atoms with van der Waals surface area (Å²) in [6.45, 7) is 7.77. The average molecular weight is 441 g/mol. The number of ether oxygens (including phenoxy) is 2. The van der Waals surface area contributed by atoms with Crippen molar-refractivity contribution in [2.45, 2.75) is 58.3 Å². The number of para-hydroxylation sites is 1. The minimum absolute atomic E-state index is 0.0340. The van der Waals surface area contributed by atoms with Gasteiger partial charge in [-0.1, -0.05) is 18.2 Å². The van der Waals surface area contributed by atoms with Gasteiger partial charge in [0.15, 0.2) is 0 Å². The second-order valence-electron chi connectivity index (χ2n) is 9.78. The van der Waals surface area contributed by atoms with Crippen molar-refractivity contribution in [2.75, 3.05) is 13.7 Å². The Kier molecular flexibility index (Phi) is 5.79. The first-order valence-electron chi connectivity index (χ1n) is 11.2. The molecule has 0 bridgehead atoms. The van der Waals surface area contributed by atoms with Crippen molar-refractivity contribution >= 4 is 22.8 Å². The highest BCUT2D eigenvalue weighted by Gasteiger charge is 2.45. The number of hydrogen-bond acceptors (Lipinski definition) is 6. The summed E-state index contributed by atoms with van der Waals surface area (Å²) in [4.78, 5) is 31.6. The van der Waals surface area contributed by atoms with Crippen LogP contribution >= 0.6 is 0 Å². The van der Waals surface area contributed by atoms with Crippen LogP contribution in [-0.4, -0.2) is 52.3 Å². The predicted octanol–water partition coefficient (Wildman–Crippen LogP) is 3.48. The Bertz CT molecular complexity index is 1060. The van der Waals surface area contributed by atoms with Gasteiger partial charge in [0, 0.05) is 35.3 Å². The molecular weight excluding hydrogens is 408 g/mol. The third kappa shape index (κ3) is 4.01. The summed E-state index contributed by atoms with van der Waals surface area (Å²) in [6.07, 6.45) is 2.21. The zero-order valence-electron chi connectivity index (χ0n) is 19.3. The van der Waals surface area contributed by atoms with Gasteiger partial charge >= 0.3 is 11.9 Å². The van der Waals surface area contributed by atoms with Crippen molar-refractivity contribution in [3.8, 4) is 0 Å². The normalized spacial score (nSPS) is 22.4. The van der Waals surface area contributed by atoms with E-state index in [2.05, 4.69) is 22.0 Å². The molecule has 1 aromatic heterocycles. The number of nitrogens with one attached hydrogen (secondary N) is 1. The lowest BCUT2D eigenvalue weighted by Crippen LogP contribution is -2.45. The number of aromatic nitrogens is 1. The summed E-state index contributed by atoms with van der Waals surface area (Å²) < 4.78 is 10.7. The molecule has 2 aromatic rings. The maximum Gasteiger partial charge on any atom is 0.336 e. The van der Waals surface area contributed by atoms with E-state index in [9.17, 15) is 14.7 Å². The third-order valence-electron chi connectivity index (χ3n) is 6.44. The molecule has 0 saturated carbocycles. The maximum atomic E-state index is 13.2. The topological polar surface area (TPSA) is 91.9 Å². The summed E-state index contributed by atoms with van der Waals surface area (Å²) in [6, 6.07) is 8.19. The molecule has 172 valence electrons. The van der Waals surface area contributed by atoms with Crippen LogP contribution in [0.1, 0.15) is 51.4 Å². The summed E-state index contributed by atoms with van der Waals surface area (Å²) in [5, 5.41) is 11.7. The summed E-state index contributed by atoms with van der Waals surface area (Å²) >= 11 is 0. The first kappa shape index (κ1) is 22.4. The fourth-order valence-corrected chi connectivity index (χ4v) is 5.10. The van der Waals surface area contributed by atoms with Gasteiger partial charge in [-0.05, 0) is 52.2 Å². The monoisotopic (exact) mass is 440 g/mol. The van der Waals surface area contributed by atoms with Gasteiger partial charge in [0.05, 0.1) is 30.7 Å². The van der Waals surface area contributed by atoms with Gasteiger partial charge in [-0.2, -0.15) is 0 Å². The number of methoxy groups -OCH3 is 1. The summed E-state index contributed by atoms with van der Waals surface area (Å²) in [5.74, 6) is -2.38. The second-order valence-corrected chi connectivity index (χ2v) is 9.78. The molecule has 3 heterocycles. The Morgan fingerprint density at radius 2 is 1.97 bits per heavy atom. The number of hydrogen-bond donors (Lipinski definition) is 2. The number of fused-ring (bicyclic) bond motifs is 5. The van der Waals surface area contributed by atoms with E-state index < -0.39 is 35.5 Å². The first-order chi connectivity index (χ1) is 15.1. The molecule has 4 atom stereocenters. The van der Waals surface area contributed by atoms with Gasteiger partial charge in [0.25, 0.3) is 0 Å². The summed E-state index contributed by atoms with van der Waals surface area (Å²) in [7, 11) is 1.31. The quantitative estimate of drug-likeness (QED) is 0.708. The van der Waals surface area contributed by atoms with E-state index >= 15 is 0 Å². The lowest BCUT2D eigenvalue weighted by molar-refractivity contribution is -0.155. The molecule has 0 spiro atoms. The molecule has 4 rings (SSSR count). The standard InChI is InChI=1S/C25H32N2O5/c1-14(28)21(24(30)31-5)17-12-20-22-16(15-8-6-7-9-19(15)26-22)10-11-27(20)13-18(17)23(29)32-25(2,3)4/h6-9,13-14,17,20-21,26,28H,10-12H2,1-5H3/t14-,17-,20+,21+/m1/s1. The van der Waals surface area contributed by atoms with Gasteiger partial charge in [0.1, 0.15) is 5.60 Å². The Hall–Kier alpha value is -2.80. The van der Waals surface area contributed by atoms with Crippen LogP contribution in [0, 0.1) is 11.8 Å². The molecule has 7 heteroatoms. The second kappa shape index (κ2) is 8.28. The van der Waals surface area contributed by atoms with Gasteiger partial charge in [-0.25, -0.2) is 4.79 Å². The van der Waals surface area contributed by atoms with Crippen LogP contribution in [0.25, 0.3) is 10.9 Å². The fraction of sp³-hybridized carbons (Fsp3) is 0.520. The van der Waals surface area contributed by atoms with Gasteiger partial charge in [0.2, 0.25) is 0 Å².